The molecule has 1 fully saturated rings. The van der Waals surface area contributed by atoms with Gasteiger partial charge in [0.05, 0.1) is 5.69 Å². The number of hydrogen-bond acceptors (Lipinski definition) is 2. The van der Waals surface area contributed by atoms with Gasteiger partial charge in [0, 0.05) is 29.2 Å². The first-order chi connectivity index (χ1) is 8.22. The van der Waals surface area contributed by atoms with Crippen LogP contribution in [0.25, 0.3) is 11.3 Å². The van der Waals surface area contributed by atoms with Crippen LogP contribution in [0.3, 0.4) is 0 Å². The zero-order valence-corrected chi connectivity index (χ0v) is 11.2. The number of rotatable bonds is 3. The third-order valence-electron chi connectivity index (χ3n) is 2.93. The second kappa shape index (κ2) is 4.18. The summed E-state index contributed by atoms with van der Waals surface area (Å²) in [4.78, 5) is 0. The molecule has 1 aliphatic carbocycles. The van der Waals surface area contributed by atoms with Crippen LogP contribution < -0.4 is 5.32 Å². The van der Waals surface area contributed by atoms with E-state index in [0.29, 0.717) is 6.04 Å². The minimum absolute atomic E-state index is 0.639. The lowest BCUT2D eigenvalue weighted by Crippen LogP contribution is -2.01. The van der Waals surface area contributed by atoms with Crippen molar-refractivity contribution in [2.45, 2.75) is 18.9 Å². The van der Waals surface area contributed by atoms with Gasteiger partial charge in [-0.2, -0.15) is 5.10 Å². The number of aryl methyl sites for hydroxylation is 1. The lowest BCUT2D eigenvalue weighted by Gasteiger charge is -2.01. The Morgan fingerprint density at radius 1 is 1.35 bits per heavy atom. The molecule has 0 radical (unpaired) electrons. The first-order valence-electron chi connectivity index (χ1n) is 5.79. The number of nitrogens with zero attached hydrogens (tertiary/aromatic N) is 2. The van der Waals surface area contributed by atoms with Gasteiger partial charge in [-0.3, -0.25) is 4.68 Å². The molecule has 0 bridgehead atoms. The Hall–Kier alpha value is -1.29. The average Bonchev–Trinajstić information content (AvgIpc) is 3.01. The van der Waals surface area contributed by atoms with Gasteiger partial charge in [-0.15, -0.1) is 0 Å². The first kappa shape index (κ1) is 10.8. The van der Waals surface area contributed by atoms with Crippen LogP contribution in [0, 0.1) is 0 Å². The van der Waals surface area contributed by atoms with Gasteiger partial charge in [0.15, 0.2) is 0 Å². The molecule has 2 aromatic rings. The van der Waals surface area contributed by atoms with Crippen LogP contribution in [0.5, 0.6) is 0 Å². The summed E-state index contributed by atoms with van der Waals surface area (Å²) in [6.45, 7) is 0. The molecule has 1 aromatic carbocycles. The van der Waals surface area contributed by atoms with E-state index in [9.17, 15) is 0 Å². The van der Waals surface area contributed by atoms with E-state index < -0.39 is 0 Å². The quantitative estimate of drug-likeness (QED) is 0.939. The summed E-state index contributed by atoms with van der Waals surface area (Å²) in [5.41, 5.74) is 2.31. The van der Waals surface area contributed by atoms with E-state index in [0.717, 1.165) is 16.0 Å². The summed E-state index contributed by atoms with van der Waals surface area (Å²) < 4.78 is 3.01. The van der Waals surface area contributed by atoms with E-state index in [1.807, 2.05) is 23.9 Å². The normalized spacial score (nSPS) is 14.9. The highest BCUT2D eigenvalue weighted by Crippen LogP contribution is 2.28. The molecule has 0 saturated heterocycles. The van der Waals surface area contributed by atoms with E-state index in [-0.39, 0.29) is 0 Å². The third-order valence-corrected chi connectivity index (χ3v) is 3.42. The SMILES string of the molecule is Cn1nc(NC2CC2)cc1-c1cccc(Br)c1. The van der Waals surface area contributed by atoms with E-state index in [1.54, 1.807) is 0 Å². The largest absolute Gasteiger partial charge is 0.366 e. The Labute approximate surface area is 109 Å². The van der Waals surface area contributed by atoms with Gasteiger partial charge in [0.25, 0.3) is 0 Å². The summed E-state index contributed by atoms with van der Waals surface area (Å²) in [5.74, 6) is 0.977. The smallest absolute Gasteiger partial charge is 0.148 e. The molecule has 0 spiro atoms. The molecule has 1 saturated carbocycles. The van der Waals surface area contributed by atoms with Gasteiger partial charge in [-0.25, -0.2) is 0 Å². The third kappa shape index (κ3) is 2.36. The van der Waals surface area contributed by atoms with Gasteiger partial charge >= 0.3 is 0 Å². The molecule has 4 heteroatoms. The van der Waals surface area contributed by atoms with Crippen molar-refractivity contribution >= 4 is 21.7 Å². The first-order valence-corrected chi connectivity index (χ1v) is 6.58. The van der Waals surface area contributed by atoms with Crippen LogP contribution in [-0.2, 0) is 7.05 Å². The van der Waals surface area contributed by atoms with Gasteiger partial charge in [0.1, 0.15) is 5.82 Å². The minimum Gasteiger partial charge on any atom is -0.366 e. The number of nitrogens with one attached hydrogen (secondary N) is 1. The fourth-order valence-electron chi connectivity index (χ4n) is 1.89. The summed E-state index contributed by atoms with van der Waals surface area (Å²) in [6, 6.07) is 11.0. The maximum atomic E-state index is 4.49. The van der Waals surface area contributed by atoms with Crippen molar-refractivity contribution in [1.29, 1.82) is 0 Å². The van der Waals surface area contributed by atoms with Crippen LogP contribution in [-0.4, -0.2) is 15.8 Å². The van der Waals surface area contributed by atoms with Gasteiger partial charge in [-0.1, -0.05) is 28.1 Å². The zero-order valence-electron chi connectivity index (χ0n) is 9.65. The van der Waals surface area contributed by atoms with Crippen LogP contribution in [0.4, 0.5) is 5.82 Å². The zero-order chi connectivity index (χ0) is 11.8. The molecule has 0 atom stereocenters. The van der Waals surface area contributed by atoms with E-state index in [1.165, 1.54) is 18.4 Å². The molecule has 88 valence electrons. The maximum absolute atomic E-state index is 4.49. The predicted molar refractivity (Wildman–Crippen MR) is 73.0 cm³/mol. The predicted octanol–water partition coefficient (Wildman–Crippen LogP) is 3.42. The molecule has 3 nitrogen and oxygen atoms in total. The van der Waals surface area contributed by atoms with E-state index >= 15 is 0 Å². The fourth-order valence-corrected chi connectivity index (χ4v) is 2.29. The Morgan fingerprint density at radius 3 is 2.88 bits per heavy atom. The lowest BCUT2D eigenvalue weighted by molar-refractivity contribution is 0.776. The van der Waals surface area contributed by atoms with E-state index in [4.69, 9.17) is 0 Å². The van der Waals surface area contributed by atoms with Gasteiger partial charge in [-0.05, 0) is 25.0 Å². The number of hydrogen-bond donors (Lipinski definition) is 1. The second-order valence-corrected chi connectivity index (χ2v) is 5.38. The summed E-state index contributed by atoms with van der Waals surface area (Å²) in [6.07, 6.45) is 2.53. The molecule has 1 heterocycles. The summed E-state index contributed by atoms with van der Waals surface area (Å²) in [7, 11) is 1.98. The molecular weight excluding hydrogens is 278 g/mol. The fraction of sp³-hybridized carbons (Fsp3) is 0.308. The highest BCUT2D eigenvalue weighted by Gasteiger charge is 2.22. The molecule has 0 aliphatic heterocycles. The molecule has 3 rings (SSSR count). The molecule has 0 unspecified atom stereocenters. The summed E-state index contributed by atoms with van der Waals surface area (Å²) in [5, 5.41) is 7.90. The highest BCUT2D eigenvalue weighted by molar-refractivity contribution is 9.10. The van der Waals surface area contributed by atoms with Crippen molar-refractivity contribution in [2.75, 3.05) is 5.32 Å². The van der Waals surface area contributed by atoms with Crippen LogP contribution in [0.2, 0.25) is 0 Å². The van der Waals surface area contributed by atoms with Crippen LogP contribution in [0.15, 0.2) is 34.8 Å². The highest BCUT2D eigenvalue weighted by atomic mass is 79.9. The van der Waals surface area contributed by atoms with Crippen molar-refractivity contribution < 1.29 is 0 Å². The minimum atomic E-state index is 0.639. The van der Waals surface area contributed by atoms with Crippen molar-refractivity contribution in [3.63, 3.8) is 0 Å². The Kier molecular flexibility index (Phi) is 2.67. The summed E-state index contributed by atoms with van der Waals surface area (Å²) >= 11 is 3.50. The van der Waals surface area contributed by atoms with Crippen LogP contribution >= 0.6 is 15.9 Å². The van der Waals surface area contributed by atoms with Crippen molar-refractivity contribution in [3.8, 4) is 11.3 Å². The Balaban J connectivity index is 1.93. The van der Waals surface area contributed by atoms with Gasteiger partial charge in [0.2, 0.25) is 0 Å². The maximum Gasteiger partial charge on any atom is 0.148 e. The monoisotopic (exact) mass is 291 g/mol. The molecular formula is C13H14BrN3. The average molecular weight is 292 g/mol. The Bertz CT molecular complexity index is 543. The molecule has 1 aliphatic rings. The number of halogens is 1. The Morgan fingerprint density at radius 2 is 2.18 bits per heavy atom. The van der Waals surface area contributed by atoms with Crippen LogP contribution in [0.1, 0.15) is 12.8 Å². The lowest BCUT2D eigenvalue weighted by atomic mass is 10.1. The topological polar surface area (TPSA) is 29.9 Å². The molecule has 17 heavy (non-hydrogen) atoms. The molecule has 0 amide bonds. The van der Waals surface area contributed by atoms with Crippen molar-refractivity contribution in [2.24, 2.45) is 7.05 Å². The second-order valence-electron chi connectivity index (χ2n) is 4.47. The van der Waals surface area contributed by atoms with Crippen molar-refractivity contribution in [1.82, 2.24) is 9.78 Å². The van der Waals surface area contributed by atoms with Crippen molar-refractivity contribution in [3.05, 3.63) is 34.8 Å². The number of benzene rings is 1. The standard InChI is InChI=1S/C13H14BrN3/c1-17-12(9-3-2-4-10(14)7-9)8-13(16-17)15-11-5-6-11/h2-4,7-8,11H,5-6H2,1H3,(H,15,16). The van der Waals surface area contributed by atoms with E-state index in [2.05, 4.69) is 44.5 Å². The molecule has 1 N–H and O–H groups in total. The number of aromatic nitrogens is 2. The molecule has 1 aromatic heterocycles. The van der Waals surface area contributed by atoms with Gasteiger partial charge < -0.3 is 5.32 Å². The number of anilines is 1.